The Labute approximate surface area is 288 Å². The molecule has 0 bridgehead atoms. The Bertz CT molecular complexity index is 1000. The second kappa shape index (κ2) is 26.6. The minimum absolute atomic E-state index is 0.183. The number of aliphatic hydroxyl groups is 2. The normalized spacial score (nSPS) is 15.6. The molecule has 0 aliphatic carbocycles. The van der Waals surface area contributed by atoms with Crippen molar-refractivity contribution in [2.75, 3.05) is 0 Å². The van der Waals surface area contributed by atoms with Crippen LogP contribution in [0.5, 0.6) is 0 Å². The first-order valence-corrected chi connectivity index (χ1v) is 17.5. The lowest BCUT2D eigenvalue weighted by Gasteiger charge is -2.28. The Balaban J connectivity index is 5.72. The van der Waals surface area contributed by atoms with Crippen molar-refractivity contribution in [3.8, 4) is 0 Å². The molecule has 0 rings (SSSR count). The maximum Gasteiger partial charge on any atom is 0.307 e. The number of ether oxygens (including phenoxy) is 2. The number of rotatable bonds is 31. The highest BCUT2D eigenvalue weighted by Crippen LogP contribution is 2.24. The summed E-state index contributed by atoms with van der Waals surface area (Å²) in [5.74, 6) is -10.8. The maximum absolute atomic E-state index is 12.9. The average Bonchev–Trinajstić information content (AvgIpc) is 2.99. The second-order valence-corrected chi connectivity index (χ2v) is 12.9. The molecule has 0 radical (unpaired) electrons. The smallest absolute Gasteiger partial charge is 0.307 e. The van der Waals surface area contributed by atoms with Crippen LogP contribution in [0.4, 0.5) is 0 Å². The van der Waals surface area contributed by atoms with Crippen LogP contribution in [0.15, 0.2) is 0 Å². The number of unbranched alkanes of at least 4 members (excludes halogenated alkanes) is 9. The molecule has 8 N–H and O–H groups in total. The molecule has 0 aromatic rings. The number of carbonyl (C=O) groups excluding carboxylic acids is 2. The van der Waals surface area contributed by atoms with E-state index in [0.717, 1.165) is 44.9 Å². The third kappa shape index (κ3) is 23.7. The second-order valence-electron chi connectivity index (χ2n) is 12.9. The van der Waals surface area contributed by atoms with Gasteiger partial charge in [-0.25, -0.2) is 0 Å². The zero-order chi connectivity index (χ0) is 37.4. The molecule has 0 fully saturated rings. The molecule has 0 heterocycles. The van der Waals surface area contributed by atoms with Crippen molar-refractivity contribution in [2.45, 2.75) is 166 Å². The summed E-state index contributed by atoms with van der Waals surface area (Å²) in [6.45, 7) is 3.74. The minimum atomic E-state index is -1.54. The van der Waals surface area contributed by atoms with Gasteiger partial charge in [0.2, 0.25) is 0 Å². The van der Waals surface area contributed by atoms with Crippen molar-refractivity contribution >= 4 is 35.8 Å². The predicted octanol–water partition coefficient (Wildman–Crippen LogP) is 3.88. The van der Waals surface area contributed by atoms with Crippen LogP contribution in [0.25, 0.3) is 0 Å². The first-order valence-electron chi connectivity index (χ1n) is 17.5. The molecule has 15 heteroatoms. The van der Waals surface area contributed by atoms with Gasteiger partial charge in [0.05, 0.1) is 49.7 Å². The molecule has 7 atom stereocenters. The fraction of sp³-hybridized carbons (Fsp3) is 0.824. The number of nitrogens with two attached hydrogens (primary N) is 1. The predicted molar refractivity (Wildman–Crippen MR) is 176 cm³/mol. The van der Waals surface area contributed by atoms with Gasteiger partial charge in [0.15, 0.2) is 0 Å². The quantitative estimate of drug-likeness (QED) is 0.0398. The van der Waals surface area contributed by atoms with Gasteiger partial charge in [-0.1, -0.05) is 64.7 Å². The molecule has 284 valence electrons. The summed E-state index contributed by atoms with van der Waals surface area (Å²) in [4.78, 5) is 71.2. The number of esters is 2. The molecular formula is C34H59NO14. The highest BCUT2D eigenvalue weighted by Gasteiger charge is 2.33. The molecule has 0 spiro atoms. The topological polar surface area (TPSA) is 268 Å². The van der Waals surface area contributed by atoms with Gasteiger partial charge in [-0.2, -0.15) is 0 Å². The van der Waals surface area contributed by atoms with E-state index in [1.54, 1.807) is 6.92 Å². The van der Waals surface area contributed by atoms with Crippen molar-refractivity contribution in [2.24, 2.45) is 17.6 Å². The molecule has 0 aromatic carbocycles. The van der Waals surface area contributed by atoms with Crippen LogP contribution < -0.4 is 5.73 Å². The molecule has 0 amide bonds. The molecule has 5 unspecified atom stereocenters. The first kappa shape index (κ1) is 45.7. The Morgan fingerprint density at radius 1 is 0.571 bits per heavy atom. The van der Waals surface area contributed by atoms with Crippen LogP contribution in [0.1, 0.15) is 136 Å². The number of hydrogen-bond acceptors (Lipinski definition) is 11. The van der Waals surface area contributed by atoms with E-state index in [-0.39, 0.29) is 19.3 Å². The van der Waals surface area contributed by atoms with Crippen LogP contribution in [-0.4, -0.2) is 96.9 Å². The van der Waals surface area contributed by atoms with Crippen LogP contribution >= 0.6 is 0 Å². The monoisotopic (exact) mass is 705 g/mol. The van der Waals surface area contributed by atoms with Crippen LogP contribution in [0, 0.1) is 11.8 Å². The molecular weight excluding hydrogens is 646 g/mol. The van der Waals surface area contributed by atoms with E-state index < -0.39 is 104 Å². The van der Waals surface area contributed by atoms with Crippen LogP contribution in [0.2, 0.25) is 0 Å². The number of aliphatic hydroxyl groups excluding tert-OH is 2. The van der Waals surface area contributed by atoms with E-state index in [0.29, 0.717) is 32.1 Å². The van der Waals surface area contributed by atoms with Gasteiger partial charge in [-0.05, 0) is 39.0 Å². The largest absolute Gasteiger partial charge is 0.481 e. The Kier molecular flexibility index (Phi) is 24.8. The lowest BCUT2D eigenvalue weighted by molar-refractivity contribution is -0.173. The zero-order valence-electron chi connectivity index (χ0n) is 29.0. The summed E-state index contributed by atoms with van der Waals surface area (Å²) >= 11 is 0. The number of carboxylic acids is 4. The minimum Gasteiger partial charge on any atom is -0.481 e. The van der Waals surface area contributed by atoms with E-state index in [2.05, 4.69) is 6.92 Å². The lowest BCUT2D eigenvalue weighted by Crippen LogP contribution is -2.37. The van der Waals surface area contributed by atoms with E-state index in [1.165, 1.54) is 0 Å². The number of hydrogen-bond donors (Lipinski definition) is 7. The van der Waals surface area contributed by atoms with E-state index >= 15 is 0 Å². The lowest BCUT2D eigenvalue weighted by atomic mass is 9.97. The average molecular weight is 706 g/mol. The van der Waals surface area contributed by atoms with Gasteiger partial charge in [0, 0.05) is 12.5 Å². The number of aliphatic carboxylic acids is 4. The molecule has 0 aliphatic heterocycles. The molecule has 0 saturated carbocycles. The van der Waals surface area contributed by atoms with Gasteiger partial charge in [-0.15, -0.1) is 0 Å². The van der Waals surface area contributed by atoms with Gasteiger partial charge in [-0.3, -0.25) is 28.8 Å². The molecule has 49 heavy (non-hydrogen) atoms. The van der Waals surface area contributed by atoms with Crippen molar-refractivity contribution in [3.63, 3.8) is 0 Å². The Hall–Kier alpha value is -3.30. The van der Waals surface area contributed by atoms with E-state index in [9.17, 15) is 49.2 Å². The number of carbonyl (C=O) groups is 6. The summed E-state index contributed by atoms with van der Waals surface area (Å²) < 4.78 is 11.3. The van der Waals surface area contributed by atoms with Gasteiger partial charge in [0.25, 0.3) is 0 Å². The summed E-state index contributed by atoms with van der Waals surface area (Å²) in [5, 5.41) is 56.9. The van der Waals surface area contributed by atoms with Crippen molar-refractivity contribution in [1.29, 1.82) is 0 Å². The van der Waals surface area contributed by atoms with Crippen molar-refractivity contribution in [3.05, 3.63) is 0 Å². The summed E-state index contributed by atoms with van der Waals surface area (Å²) in [6.07, 6.45) is 3.25. The fourth-order valence-electron chi connectivity index (χ4n) is 5.39. The van der Waals surface area contributed by atoms with Gasteiger partial charge >= 0.3 is 35.8 Å². The first-order chi connectivity index (χ1) is 23.1. The SMILES string of the molecule is CCCCCCCCC(OC(=O)CC(CC(=O)O)C(=O)O)C(CCCCCCC[C@@H](O)C[C@@H](O)C(C)N)OC(=O)CC(CC(=O)O)C(=O)O. The summed E-state index contributed by atoms with van der Waals surface area (Å²) in [5.41, 5.74) is 5.64. The summed E-state index contributed by atoms with van der Waals surface area (Å²) in [7, 11) is 0. The van der Waals surface area contributed by atoms with E-state index in [1.807, 2.05) is 0 Å². The molecule has 0 aromatic heterocycles. The Morgan fingerprint density at radius 2 is 0.939 bits per heavy atom. The summed E-state index contributed by atoms with van der Waals surface area (Å²) in [6, 6.07) is -0.448. The number of carboxylic acid groups (broad SMARTS) is 4. The van der Waals surface area contributed by atoms with Crippen LogP contribution in [-0.2, 0) is 38.2 Å². The highest BCUT2D eigenvalue weighted by molar-refractivity contribution is 5.83. The van der Waals surface area contributed by atoms with Crippen molar-refractivity contribution in [1.82, 2.24) is 0 Å². The van der Waals surface area contributed by atoms with Crippen molar-refractivity contribution < 1.29 is 68.9 Å². The standard InChI is InChI=1S/C34H59NO14/c1-3-4-5-6-9-12-15-27(48-31(42)19-23(33(44)45)17-29(38)39)28(49-32(43)20-24(34(46)47)18-30(40)41)16-13-10-7-8-11-14-25(36)21-26(37)22(2)35/h22-28,36-37H,3-21,35H2,1-2H3,(H,38,39)(H,40,41)(H,44,45)(H,46,47)/t22?,23?,24?,25-,26-,27?,28?/m1/s1. The molecule has 15 nitrogen and oxygen atoms in total. The third-order valence-electron chi connectivity index (χ3n) is 8.34. The molecule has 0 aliphatic rings. The van der Waals surface area contributed by atoms with Gasteiger partial charge in [0.1, 0.15) is 12.2 Å². The van der Waals surface area contributed by atoms with Gasteiger partial charge < -0.3 is 45.8 Å². The molecule has 0 saturated heterocycles. The van der Waals surface area contributed by atoms with E-state index in [4.69, 9.17) is 25.4 Å². The van der Waals surface area contributed by atoms with Crippen LogP contribution in [0.3, 0.4) is 0 Å². The zero-order valence-corrected chi connectivity index (χ0v) is 29.0. The third-order valence-corrected chi connectivity index (χ3v) is 8.34. The fourth-order valence-corrected chi connectivity index (χ4v) is 5.39. The maximum atomic E-state index is 12.9. The highest BCUT2D eigenvalue weighted by atomic mass is 16.6. The Morgan fingerprint density at radius 3 is 1.29 bits per heavy atom.